The fourth-order valence-electron chi connectivity index (χ4n) is 1.94. The van der Waals surface area contributed by atoms with Crippen molar-refractivity contribution in [2.24, 2.45) is 0 Å². The van der Waals surface area contributed by atoms with Gasteiger partial charge in [0, 0.05) is 18.4 Å². The number of nitrogens with one attached hydrogen (secondary N) is 1. The third kappa shape index (κ3) is 2.69. The molecule has 0 unspecified atom stereocenters. The molecule has 4 nitrogen and oxygen atoms in total. The lowest BCUT2D eigenvalue weighted by Crippen LogP contribution is -2.07. The van der Waals surface area contributed by atoms with Crippen LogP contribution in [0.5, 0.6) is 0 Å². The SMILES string of the molecule is Clc1nc(NCCc2ccco2)c2ccccc2n1. The normalized spacial score (nSPS) is 10.8. The number of fused-ring (bicyclic) bond motifs is 1. The minimum atomic E-state index is 0.249. The maximum atomic E-state index is 5.92. The monoisotopic (exact) mass is 273 g/mol. The maximum Gasteiger partial charge on any atom is 0.224 e. The van der Waals surface area contributed by atoms with Crippen LogP contribution in [0.25, 0.3) is 10.9 Å². The standard InChI is InChI=1S/C14H12ClN3O/c15-14-17-12-6-2-1-5-11(12)13(18-14)16-8-7-10-4-3-9-19-10/h1-6,9H,7-8H2,(H,16,17,18). The van der Waals surface area contributed by atoms with Crippen LogP contribution in [0.15, 0.2) is 47.1 Å². The van der Waals surface area contributed by atoms with Gasteiger partial charge in [-0.05, 0) is 35.9 Å². The van der Waals surface area contributed by atoms with Gasteiger partial charge in [0.2, 0.25) is 5.28 Å². The summed E-state index contributed by atoms with van der Waals surface area (Å²) in [6.45, 7) is 0.727. The highest BCUT2D eigenvalue weighted by Crippen LogP contribution is 2.21. The molecule has 1 N–H and O–H groups in total. The number of furan rings is 1. The van der Waals surface area contributed by atoms with E-state index in [4.69, 9.17) is 16.0 Å². The summed E-state index contributed by atoms with van der Waals surface area (Å²) < 4.78 is 5.28. The number of hydrogen-bond donors (Lipinski definition) is 1. The molecule has 3 rings (SSSR count). The van der Waals surface area contributed by atoms with Gasteiger partial charge in [0.05, 0.1) is 11.8 Å². The summed E-state index contributed by atoms with van der Waals surface area (Å²) in [5.41, 5.74) is 0.836. The van der Waals surface area contributed by atoms with E-state index >= 15 is 0 Å². The van der Waals surface area contributed by atoms with Crippen molar-refractivity contribution in [2.75, 3.05) is 11.9 Å². The van der Waals surface area contributed by atoms with Crippen LogP contribution in [0.1, 0.15) is 5.76 Å². The summed E-state index contributed by atoms with van der Waals surface area (Å²) >= 11 is 5.92. The second-order valence-electron chi connectivity index (χ2n) is 4.11. The molecule has 3 aromatic rings. The van der Waals surface area contributed by atoms with E-state index in [1.54, 1.807) is 6.26 Å². The van der Waals surface area contributed by atoms with E-state index in [-0.39, 0.29) is 5.28 Å². The molecule has 0 bridgehead atoms. The van der Waals surface area contributed by atoms with Gasteiger partial charge < -0.3 is 9.73 Å². The zero-order valence-electron chi connectivity index (χ0n) is 10.1. The molecule has 0 saturated heterocycles. The predicted octanol–water partition coefficient (Wildman–Crippen LogP) is 3.53. The van der Waals surface area contributed by atoms with Crippen molar-refractivity contribution in [3.8, 4) is 0 Å². The Labute approximate surface area is 115 Å². The van der Waals surface area contributed by atoms with Crippen LogP contribution in [0.3, 0.4) is 0 Å². The summed E-state index contributed by atoms with van der Waals surface area (Å²) in [6, 6.07) is 11.6. The minimum absolute atomic E-state index is 0.249. The van der Waals surface area contributed by atoms with Gasteiger partial charge in [0.1, 0.15) is 11.6 Å². The van der Waals surface area contributed by atoms with Crippen LogP contribution in [0, 0.1) is 0 Å². The van der Waals surface area contributed by atoms with E-state index in [1.165, 1.54) is 0 Å². The summed E-state index contributed by atoms with van der Waals surface area (Å²) in [7, 11) is 0. The molecule has 2 heterocycles. The smallest absolute Gasteiger partial charge is 0.224 e. The van der Waals surface area contributed by atoms with Crippen molar-refractivity contribution < 1.29 is 4.42 Å². The molecule has 96 valence electrons. The van der Waals surface area contributed by atoms with Gasteiger partial charge in [0.15, 0.2) is 0 Å². The average molecular weight is 274 g/mol. The first-order valence-electron chi connectivity index (χ1n) is 6.01. The second-order valence-corrected chi connectivity index (χ2v) is 4.45. The summed E-state index contributed by atoms with van der Waals surface area (Å²) in [5, 5.41) is 4.48. The first-order valence-corrected chi connectivity index (χ1v) is 6.39. The number of benzene rings is 1. The number of anilines is 1. The van der Waals surface area contributed by atoms with Crippen molar-refractivity contribution in [1.82, 2.24) is 9.97 Å². The van der Waals surface area contributed by atoms with Crippen LogP contribution in [0.2, 0.25) is 5.28 Å². The summed E-state index contributed by atoms with van der Waals surface area (Å²) in [5.74, 6) is 1.69. The third-order valence-corrected chi connectivity index (χ3v) is 2.99. The minimum Gasteiger partial charge on any atom is -0.469 e. The van der Waals surface area contributed by atoms with E-state index in [1.807, 2.05) is 36.4 Å². The van der Waals surface area contributed by atoms with Gasteiger partial charge >= 0.3 is 0 Å². The van der Waals surface area contributed by atoms with Crippen LogP contribution >= 0.6 is 11.6 Å². The highest BCUT2D eigenvalue weighted by Gasteiger charge is 2.05. The molecule has 5 heteroatoms. The zero-order valence-corrected chi connectivity index (χ0v) is 10.9. The first-order chi connectivity index (χ1) is 9.33. The number of aromatic nitrogens is 2. The molecule has 0 spiro atoms. The lowest BCUT2D eigenvalue weighted by molar-refractivity contribution is 0.513. The Hall–Kier alpha value is -2.07. The Kier molecular flexibility index (Phi) is 3.33. The Balaban J connectivity index is 1.80. The molecule has 0 saturated carbocycles. The van der Waals surface area contributed by atoms with Crippen molar-refractivity contribution in [3.05, 3.63) is 53.7 Å². The van der Waals surface area contributed by atoms with Gasteiger partial charge in [-0.15, -0.1) is 0 Å². The molecule has 1 aromatic carbocycles. The predicted molar refractivity (Wildman–Crippen MR) is 75.4 cm³/mol. The Morgan fingerprint density at radius 3 is 2.84 bits per heavy atom. The second kappa shape index (κ2) is 5.28. The van der Waals surface area contributed by atoms with Gasteiger partial charge in [-0.1, -0.05) is 12.1 Å². The molecular weight excluding hydrogens is 262 g/mol. The molecule has 0 aliphatic heterocycles. The first kappa shape index (κ1) is 12.0. The molecule has 0 atom stereocenters. The fourth-order valence-corrected chi connectivity index (χ4v) is 2.12. The lowest BCUT2D eigenvalue weighted by Gasteiger charge is -2.08. The van der Waals surface area contributed by atoms with Crippen LogP contribution in [-0.2, 0) is 6.42 Å². The van der Waals surface area contributed by atoms with E-state index in [0.717, 1.165) is 35.4 Å². The Morgan fingerprint density at radius 1 is 1.11 bits per heavy atom. The Bertz CT molecular complexity index is 682. The van der Waals surface area contributed by atoms with Gasteiger partial charge in [-0.25, -0.2) is 9.97 Å². The van der Waals surface area contributed by atoms with Gasteiger partial charge in [-0.3, -0.25) is 0 Å². The topological polar surface area (TPSA) is 51.0 Å². The third-order valence-electron chi connectivity index (χ3n) is 2.82. The quantitative estimate of drug-likeness (QED) is 0.739. The molecule has 0 radical (unpaired) electrons. The van der Waals surface area contributed by atoms with Crippen molar-refractivity contribution >= 4 is 28.3 Å². The van der Waals surface area contributed by atoms with Crippen LogP contribution in [-0.4, -0.2) is 16.5 Å². The summed E-state index contributed by atoms with van der Waals surface area (Å²) in [4.78, 5) is 8.42. The number of hydrogen-bond acceptors (Lipinski definition) is 4. The fraction of sp³-hybridized carbons (Fsp3) is 0.143. The van der Waals surface area contributed by atoms with Crippen molar-refractivity contribution in [2.45, 2.75) is 6.42 Å². The molecule has 0 amide bonds. The van der Waals surface area contributed by atoms with Crippen molar-refractivity contribution in [3.63, 3.8) is 0 Å². The van der Waals surface area contributed by atoms with E-state index < -0.39 is 0 Å². The van der Waals surface area contributed by atoms with Crippen molar-refractivity contribution in [1.29, 1.82) is 0 Å². The highest BCUT2D eigenvalue weighted by atomic mass is 35.5. The highest BCUT2D eigenvalue weighted by molar-refractivity contribution is 6.28. The van der Waals surface area contributed by atoms with Crippen LogP contribution in [0.4, 0.5) is 5.82 Å². The molecule has 0 aliphatic carbocycles. The number of para-hydroxylation sites is 1. The number of halogens is 1. The largest absolute Gasteiger partial charge is 0.469 e. The average Bonchev–Trinajstić information content (AvgIpc) is 2.91. The van der Waals surface area contributed by atoms with E-state index in [9.17, 15) is 0 Å². The Morgan fingerprint density at radius 2 is 2.00 bits per heavy atom. The van der Waals surface area contributed by atoms with E-state index in [2.05, 4.69) is 15.3 Å². The molecular formula is C14H12ClN3O. The van der Waals surface area contributed by atoms with Gasteiger partial charge in [0.25, 0.3) is 0 Å². The molecule has 0 fully saturated rings. The summed E-state index contributed by atoms with van der Waals surface area (Å²) in [6.07, 6.45) is 2.47. The van der Waals surface area contributed by atoms with Gasteiger partial charge in [-0.2, -0.15) is 0 Å². The number of rotatable bonds is 4. The lowest BCUT2D eigenvalue weighted by atomic mass is 10.2. The van der Waals surface area contributed by atoms with E-state index in [0.29, 0.717) is 0 Å². The van der Waals surface area contributed by atoms with Crippen LogP contribution < -0.4 is 5.32 Å². The molecule has 2 aromatic heterocycles. The number of nitrogens with zero attached hydrogens (tertiary/aromatic N) is 2. The molecule has 0 aliphatic rings. The molecule has 19 heavy (non-hydrogen) atoms. The maximum absolute atomic E-state index is 5.92. The zero-order chi connectivity index (χ0) is 13.1.